The van der Waals surface area contributed by atoms with Crippen LogP contribution < -0.4 is 5.32 Å². The number of aromatic nitrogens is 3. The summed E-state index contributed by atoms with van der Waals surface area (Å²) in [7, 11) is 0. The van der Waals surface area contributed by atoms with E-state index >= 15 is 0 Å². The molecule has 2 N–H and O–H groups in total. The quantitative estimate of drug-likeness (QED) is 0.578. The summed E-state index contributed by atoms with van der Waals surface area (Å²) in [4.78, 5) is 15.9. The number of aromatic amines is 1. The molecule has 1 aromatic heterocycles. The lowest BCUT2D eigenvalue weighted by molar-refractivity contribution is 0.0908. The van der Waals surface area contributed by atoms with Crippen LogP contribution in [0.4, 0.5) is 0 Å². The topological polar surface area (TPSA) is 79.9 Å². The van der Waals surface area contributed by atoms with E-state index in [0.717, 1.165) is 6.42 Å². The van der Waals surface area contributed by atoms with E-state index in [0.29, 0.717) is 25.6 Å². The van der Waals surface area contributed by atoms with E-state index in [9.17, 15) is 4.79 Å². The normalized spacial score (nSPS) is 11.3. The molecular weight excluding hydrogens is 244 g/mol. The summed E-state index contributed by atoms with van der Waals surface area (Å²) in [6.07, 6.45) is 2.60. The number of ether oxygens (including phenoxy) is 1. The maximum absolute atomic E-state index is 11.7. The van der Waals surface area contributed by atoms with Crippen LogP contribution in [-0.4, -0.2) is 40.8 Å². The van der Waals surface area contributed by atoms with Gasteiger partial charge in [0.05, 0.1) is 13.2 Å². The van der Waals surface area contributed by atoms with Crippen molar-refractivity contribution >= 4 is 5.91 Å². The monoisotopic (exact) mass is 266 g/mol. The number of hydrogen-bond acceptors (Lipinski definition) is 4. The van der Waals surface area contributed by atoms with Crippen LogP contribution in [0.15, 0.2) is 12.7 Å². The van der Waals surface area contributed by atoms with Crippen molar-refractivity contribution in [1.29, 1.82) is 0 Å². The van der Waals surface area contributed by atoms with Crippen LogP contribution >= 0.6 is 0 Å². The zero-order valence-electron chi connectivity index (χ0n) is 11.8. The van der Waals surface area contributed by atoms with E-state index in [4.69, 9.17) is 4.74 Å². The van der Waals surface area contributed by atoms with Crippen molar-refractivity contribution in [3.05, 3.63) is 24.3 Å². The van der Waals surface area contributed by atoms with E-state index < -0.39 is 0 Å². The smallest absolute Gasteiger partial charge is 0.291 e. The molecule has 0 spiro atoms. The van der Waals surface area contributed by atoms with Gasteiger partial charge in [0, 0.05) is 12.0 Å². The van der Waals surface area contributed by atoms with E-state index in [2.05, 4.69) is 27.1 Å². The van der Waals surface area contributed by atoms with Crippen LogP contribution in [0.1, 0.15) is 43.6 Å². The highest BCUT2D eigenvalue weighted by Crippen LogP contribution is 2.17. The summed E-state index contributed by atoms with van der Waals surface area (Å²) >= 11 is 0. The molecule has 106 valence electrons. The molecule has 1 heterocycles. The Balaban J connectivity index is 2.34. The Bertz CT molecular complexity index is 421. The van der Waals surface area contributed by atoms with Gasteiger partial charge in [0.25, 0.3) is 5.91 Å². The average molecular weight is 266 g/mol. The number of carbonyl (C=O) groups is 1. The summed E-state index contributed by atoms with van der Waals surface area (Å²) in [6, 6.07) is 0. The van der Waals surface area contributed by atoms with Crippen LogP contribution in [0, 0.1) is 0 Å². The minimum atomic E-state index is -0.293. The predicted octanol–water partition coefficient (Wildman–Crippen LogP) is 1.42. The molecule has 0 aliphatic heterocycles. The van der Waals surface area contributed by atoms with Crippen molar-refractivity contribution in [3.8, 4) is 0 Å². The highest BCUT2D eigenvalue weighted by molar-refractivity contribution is 5.90. The Morgan fingerprint density at radius 2 is 2.21 bits per heavy atom. The Morgan fingerprint density at radius 3 is 2.79 bits per heavy atom. The van der Waals surface area contributed by atoms with Crippen molar-refractivity contribution in [1.82, 2.24) is 20.5 Å². The largest absolute Gasteiger partial charge is 0.379 e. The van der Waals surface area contributed by atoms with Crippen LogP contribution in [0.25, 0.3) is 0 Å². The molecular formula is C13H22N4O2. The molecule has 0 aliphatic carbocycles. The zero-order chi connectivity index (χ0) is 14.3. The second-order valence-corrected chi connectivity index (χ2v) is 5.20. The van der Waals surface area contributed by atoms with Gasteiger partial charge in [0.15, 0.2) is 0 Å². The SMILES string of the molecule is C=CCCOCCNC(=O)c1n[nH]c(C(C)(C)C)n1. The summed E-state index contributed by atoms with van der Waals surface area (Å²) in [5.74, 6) is 0.565. The molecule has 0 aliphatic rings. The summed E-state index contributed by atoms with van der Waals surface area (Å²) < 4.78 is 5.29. The number of nitrogens with one attached hydrogen (secondary N) is 2. The lowest BCUT2D eigenvalue weighted by Crippen LogP contribution is -2.28. The molecule has 0 aromatic carbocycles. The number of carbonyl (C=O) groups excluding carboxylic acids is 1. The number of nitrogens with zero attached hydrogens (tertiary/aromatic N) is 2. The summed E-state index contributed by atoms with van der Waals surface area (Å²) in [5.41, 5.74) is -0.153. The molecule has 1 amide bonds. The first-order valence-electron chi connectivity index (χ1n) is 6.35. The van der Waals surface area contributed by atoms with Gasteiger partial charge in [0.2, 0.25) is 5.82 Å². The highest BCUT2D eigenvalue weighted by atomic mass is 16.5. The van der Waals surface area contributed by atoms with Crippen molar-refractivity contribution < 1.29 is 9.53 Å². The van der Waals surface area contributed by atoms with E-state index in [1.54, 1.807) is 6.08 Å². The molecule has 1 aromatic rings. The van der Waals surface area contributed by atoms with E-state index in [-0.39, 0.29) is 17.1 Å². The fourth-order valence-electron chi connectivity index (χ4n) is 1.28. The van der Waals surface area contributed by atoms with Gasteiger partial charge in [-0.05, 0) is 6.42 Å². The minimum Gasteiger partial charge on any atom is -0.379 e. The first kappa shape index (κ1) is 15.4. The van der Waals surface area contributed by atoms with Crippen LogP contribution in [0.3, 0.4) is 0 Å². The molecule has 0 bridgehead atoms. The first-order valence-corrected chi connectivity index (χ1v) is 6.35. The Morgan fingerprint density at radius 1 is 1.47 bits per heavy atom. The molecule has 0 radical (unpaired) electrons. The summed E-state index contributed by atoms with van der Waals surface area (Å²) in [6.45, 7) is 11.1. The molecule has 6 heteroatoms. The number of rotatable bonds is 7. The maximum Gasteiger partial charge on any atom is 0.291 e. The first-order chi connectivity index (χ1) is 8.95. The van der Waals surface area contributed by atoms with Crippen LogP contribution in [0.5, 0.6) is 0 Å². The second-order valence-electron chi connectivity index (χ2n) is 5.20. The van der Waals surface area contributed by atoms with Crippen LogP contribution in [-0.2, 0) is 10.2 Å². The molecule has 6 nitrogen and oxygen atoms in total. The molecule has 0 fully saturated rings. The third-order valence-corrected chi connectivity index (χ3v) is 2.40. The molecule has 0 saturated heterocycles. The van der Waals surface area contributed by atoms with Crippen molar-refractivity contribution in [2.75, 3.05) is 19.8 Å². The standard InChI is InChI=1S/C13H22N4O2/c1-5-6-8-19-9-7-14-11(18)10-15-12(17-16-10)13(2,3)4/h5H,1,6-9H2,2-4H3,(H,14,18)(H,15,16,17). The van der Waals surface area contributed by atoms with Crippen LogP contribution in [0.2, 0.25) is 0 Å². The highest BCUT2D eigenvalue weighted by Gasteiger charge is 2.20. The van der Waals surface area contributed by atoms with Crippen molar-refractivity contribution in [3.63, 3.8) is 0 Å². The van der Waals surface area contributed by atoms with Gasteiger partial charge in [-0.25, -0.2) is 4.98 Å². The number of H-pyrrole nitrogens is 1. The Labute approximate surface area is 113 Å². The lowest BCUT2D eigenvalue weighted by atomic mass is 9.96. The van der Waals surface area contributed by atoms with Crippen molar-refractivity contribution in [2.24, 2.45) is 0 Å². The molecule has 0 atom stereocenters. The fraction of sp³-hybridized carbons (Fsp3) is 0.615. The molecule has 1 rings (SSSR count). The molecule has 0 unspecified atom stereocenters. The maximum atomic E-state index is 11.7. The van der Waals surface area contributed by atoms with Gasteiger partial charge in [-0.3, -0.25) is 9.89 Å². The van der Waals surface area contributed by atoms with Gasteiger partial charge in [-0.2, -0.15) is 0 Å². The fourth-order valence-corrected chi connectivity index (χ4v) is 1.28. The molecule has 0 saturated carbocycles. The van der Waals surface area contributed by atoms with Gasteiger partial charge >= 0.3 is 0 Å². The van der Waals surface area contributed by atoms with E-state index in [1.165, 1.54) is 0 Å². The predicted molar refractivity (Wildman–Crippen MR) is 73.0 cm³/mol. The average Bonchev–Trinajstić information content (AvgIpc) is 2.82. The number of amides is 1. The van der Waals surface area contributed by atoms with Crippen molar-refractivity contribution in [2.45, 2.75) is 32.6 Å². The van der Waals surface area contributed by atoms with Gasteiger partial charge in [-0.15, -0.1) is 11.7 Å². The Kier molecular flexibility index (Phi) is 5.69. The van der Waals surface area contributed by atoms with Gasteiger partial charge in [-0.1, -0.05) is 26.8 Å². The number of hydrogen-bond donors (Lipinski definition) is 2. The van der Waals surface area contributed by atoms with Gasteiger partial charge in [0.1, 0.15) is 5.82 Å². The lowest BCUT2D eigenvalue weighted by Gasteiger charge is -2.12. The Hall–Kier alpha value is -1.69. The van der Waals surface area contributed by atoms with E-state index in [1.807, 2.05) is 20.8 Å². The minimum absolute atomic E-state index is 0.153. The zero-order valence-corrected chi connectivity index (χ0v) is 11.8. The molecule has 19 heavy (non-hydrogen) atoms. The third kappa shape index (κ3) is 5.21. The summed E-state index contributed by atoms with van der Waals surface area (Å²) in [5, 5.41) is 9.40. The third-order valence-electron chi connectivity index (χ3n) is 2.40. The second kappa shape index (κ2) is 7.04. The van der Waals surface area contributed by atoms with Gasteiger partial charge < -0.3 is 10.1 Å².